The summed E-state index contributed by atoms with van der Waals surface area (Å²) in [5.41, 5.74) is 3.03. The molecule has 0 radical (unpaired) electrons. The lowest BCUT2D eigenvalue weighted by atomic mass is 10.1. The van der Waals surface area contributed by atoms with Crippen molar-refractivity contribution in [3.63, 3.8) is 0 Å². The fraction of sp³-hybridized carbons (Fsp3) is 0.267. The van der Waals surface area contributed by atoms with Gasteiger partial charge in [-0.2, -0.15) is 4.98 Å². The molecule has 1 aliphatic rings. The lowest BCUT2D eigenvalue weighted by Crippen LogP contribution is -2.25. The highest BCUT2D eigenvalue weighted by molar-refractivity contribution is 5.94. The Morgan fingerprint density at radius 3 is 3.00 bits per heavy atom. The summed E-state index contributed by atoms with van der Waals surface area (Å²) in [7, 11) is 1.57. The van der Waals surface area contributed by atoms with Crippen molar-refractivity contribution in [3.8, 4) is 5.88 Å². The van der Waals surface area contributed by atoms with E-state index in [0.29, 0.717) is 11.8 Å². The Balaban J connectivity index is 1.83. The van der Waals surface area contributed by atoms with Crippen molar-refractivity contribution in [1.29, 1.82) is 0 Å². The number of ether oxygens (including phenoxy) is 1. The van der Waals surface area contributed by atoms with Crippen LogP contribution in [0.4, 0.5) is 17.3 Å². The molecule has 0 bridgehead atoms. The van der Waals surface area contributed by atoms with E-state index in [9.17, 15) is 4.79 Å². The van der Waals surface area contributed by atoms with Crippen LogP contribution >= 0.6 is 0 Å². The number of aromatic nitrogens is 2. The molecular weight excluding hydrogens is 268 g/mol. The summed E-state index contributed by atoms with van der Waals surface area (Å²) in [6, 6.07) is 7.59. The van der Waals surface area contributed by atoms with Crippen molar-refractivity contribution in [1.82, 2.24) is 9.97 Å². The van der Waals surface area contributed by atoms with Crippen molar-refractivity contribution < 1.29 is 9.53 Å². The summed E-state index contributed by atoms with van der Waals surface area (Å²) in [5, 5.41) is 3.15. The maximum atomic E-state index is 11.5. The fourth-order valence-electron chi connectivity index (χ4n) is 2.45. The summed E-state index contributed by atoms with van der Waals surface area (Å²) >= 11 is 0. The minimum atomic E-state index is 0.0746. The normalized spacial score (nSPS) is 13.0. The molecule has 21 heavy (non-hydrogen) atoms. The maximum Gasteiger partial charge on any atom is 0.230 e. The molecule has 1 aromatic heterocycles. The first-order chi connectivity index (χ1) is 10.2. The Bertz CT molecular complexity index is 687. The molecule has 0 atom stereocenters. The molecule has 0 spiro atoms. The summed E-state index contributed by atoms with van der Waals surface area (Å²) in [6.45, 7) is 2.33. The summed E-state index contributed by atoms with van der Waals surface area (Å²) in [5.74, 6) is 1.07. The van der Waals surface area contributed by atoms with Gasteiger partial charge in [0.1, 0.15) is 0 Å². The number of hydrogen-bond donors (Lipinski definition) is 1. The number of amides is 1. The van der Waals surface area contributed by atoms with Crippen molar-refractivity contribution in [3.05, 3.63) is 36.0 Å². The molecule has 3 rings (SSSR count). The topological polar surface area (TPSA) is 67.3 Å². The average molecular weight is 284 g/mol. The second-order valence-electron chi connectivity index (χ2n) is 4.81. The maximum absolute atomic E-state index is 11.5. The molecule has 108 valence electrons. The first kappa shape index (κ1) is 13.4. The van der Waals surface area contributed by atoms with E-state index in [1.807, 2.05) is 18.2 Å². The zero-order valence-corrected chi connectivity index (χ0v) is 12.0. The molecule has 2 heterocycles. The summed E-state index contributed by atoms with van der Waals surface area (Å²) < 4.78 is 5.07. The number of methoxy groups -OCH3 is 1. The molecule has 0 fully saturated rings. The van der Waals surface area contributed by atoms with Gasteiger partial charge in [0.2, 0.25) is 17.7 Å². The third kappa shape index (κ3) is 2.65. The molecule has 2 aromatic rings. The van der Waals surface area contributed by atoms with E-state index >= 15 is 0 Å². The molecule has 0 saturated carbocycles. The Hall–Kier alpha value is -2.63. The lowest BCUT2D eigenvalue weighted by Gasteiger charge is -2.15. The third-order valence-electron chi connectivity index (χ3n) is 3.45. The Morgan fingerprint density at radius 1 is 1.38 bits per heavy atom. The average Bonchev–Trinajstić information content (AvgIpc) is 2.90. The van der Waals surface area contributed by atoms with Crippen LogP contribution < -0.4 is 15.0 Å². The van der Waals surface area contributed by atoms with Crippen LogP contribution in [-0.4, -0.2) is 29.5 Å². The first-order valence-corrected chi connectivity index (χ1v) is 6.72. The van der Waals surface area contributed by atoms with E-state index in [1.54, 1.807) is 31.2 Å². The molecule has 1 aliphatic heterocycles. The van der Waals surface area contributed by atoms with Gasteiger partial charge in [-0.25, -0.2) is 4.98 Å². The molecule has 1 aromatic carbocycles. The monoisotopic (exact) mass is 284 g/mol. The molecule has 1 amide bonds. The minimum absolute atomic E-state index is 0.0746. The number of rotatable bonds is 3. The molecule has 0 aliphatic carbocycles. The van der Waals surface area contributed by atoms with Crippen LogP contribution in [0.1, 0.15) is 12.5 Å². The number of anilines is 3. The zero-order chi connectivity index (χ0) is 14.8. The molecular formula is C15H16N4O2. The van der Waals surface area contributed by atoms with Crippen LogP contribution in [0, 0.1) is 0 Å². The van der Waals surface area contributed by atoms with Gasteiger partial charge in [-0.1, -0.05) is 0 Å². The van der Waals surface area contributed by atoms with E-state index < -0.39 is 0 Å². The highest BCUT2D eigenvalue weighted by Crippen LogP contribution is 2.31. The molecule has 0 unspecified atom stereocenters. The van der Waals surface area contributed by atoms with Crippen molar-refractivity contribution in [2.45, 2.75) is 13.3 Å². The first-order valence-electron chi connectivity index (χ1n) is 6.72. The highest BCUT2D eigenvalue weighted by atomic mass is 16.5. The second kappa shape index (κ2) is 5.40. The Morgan fingerprint density at radius 2 is 2.24 bits per heavy atom. The van der Waals surface area contributed by atoms with Gasteiger partial charge in [-0.3, -0.25) is 4.79 Å². The quantitative estimate of drug-likeness (QED) is 0.935. The number of fused-ring (bicyclic) bond motifs is 1. The van der Waals surface area contributed by atoms with Crippen LogP contribution in [0.15, 0.2) is 30.5 Å². The van der Waals surface area contributed by atoms with Gasteiger partial charge in [0.15, 0.2) is 0 Å². The number of hydrogen-bond acceptors (Lipinski definition) is 5. The van der Waals surface area contributed by atoms with E-state index in [-0.39, 0.29) is 5.91 Å². The van der Waals surface area contributed by atoms with E-state index in [4.69, 9.17) is 4.74 Å². The number of carbonyl (C=O) groups is 1. The Labute approximate surface area is 122 Å². The SMILES string of the molecule is COc1ccnc(Nc2ccc3c(c2)CCN3C(C)=O)n1. The predicted octanol–water partition coefficient (Wildman–Crippen LogP) is 2.14. The van der Waals surface area contributed by atoms with Crippen LogP contribution in [0.5, 0.6) is 5.88 Å². The molecule has 0 saturated heterocycles. The zero-order valence-electron chi connectivity index (χ0n) is 12.0. The highest BCUT2D eigenvalue weighted by Gasteiger charge is 2.22. The summed E-state index contributed by atoms with van der Waals surface area (Å²) in [4.78, 5) is 21.7. The number of benzene rings is 1. The predicted molar refractivity (Wildman–Crippen MR) is 80.0 cm³/mol. The number of carbonyl (C=O) groups excluding carboxylic acids is 1. The largest absolute Gasteiger partial charge is 0.481 e. The standard InChI is InChI=1S/C15H16N4O2/c1-10(20)19-8-6-11-9-12(3-4-13(11)19)17-15-16-7-5-14(18-15)21-2/h3-5,7,9H,6,8H2,1-2H3,(H,16,17,18). The van der Waals surface area contributed by atoms with Gasteiger partial charge >= 0.3 is 0 Å². The molecule has 6 heteroatoms. The Kier molecular flexibility index (Phi) is 3.43. The van der Waals surface area contributed by atoms with Crippen molar-refractivity contribution >= 4 is 23.2 Å². The van der Waals surface area contributed by atoms with Gasteiger partial charge in [-0.15, -0.1) is 0 Å². The minimum Gasteiger partial charge on any atom is -0.481 e. The number of nitrogens with zero attached hydrogens (tertiary/aromatic N) is 3. The third-order valence-corrected chi connectivity index (χ3v) is 3.45. The van der Waals surface area contributed by atoms with Crippen LogP contribution in [-0.2, 0) is 11.2 Å². The molecule has 6 nitrogen and oxygen atoms in total. The van der Waals surface area contributed by atoms with Gasteiger partial charge in [-0.05, 0) is 30.2 Å². The number of nitrogens with one attached hydrogen (secondary N) is 1. The van der Waals surface area contributed by atoms with Crippen LogP contribution in [0.3, 0.4) is 0 Å². The van der Waals surface area contributed by atoms with E-state index in [1.165, 1.54) is 0 Å². The van der Waals surface area contributed by atoms with Gasteiger partial charge in [0.25, 0.3) is 0 Å². The molecule has 1 N–H and O–H groups in total. The smallest absolute Gasteiger partial charge is 0.230 e. The van der Waals surface area contributed by atoms with E-state index in [2.05, 4.69) is 15.3 Å². The lowest BCUT2D eigenvalue weighted by molar-refractivity contribution is -0.116. The fourth-order valence-corrected chi connectivity index (χ4v) is 2.45. The second-order valence-corrected chi connectivity index (χ2v) is 4.81. The van der Waals surface area contributed by atoms with E-state index in [0.717, 1.165) is 29.9 Å². The summed E-state index contributed by atoms with van der Waals surface area (Å²) in [6.07, 6.45) is 2.50. The van der Waals surface area contributed by atoms with Gasteiger partial charge < -0.3 is 15.0 Å². The van der Waals surface area contributed by atoms with Crippen LogP contribution in [0.2, 0.25) is 0 Å². The van der Waals surface area contributed by atoms with Crippen LogP contribution in [0.25, 0.3) is 0 Å². The van der Waals surface area contributed by atoms with Gasteiger partial charge in [0.05, 0.1) is 7.11 Å². The van der Waals surface area contributed by atoms with Gasteiger partial charge in [0, 0.05) is 37.1 Å². The van der Waals surface area contributed by atoms with Crippen molar-refractivity contribution in [2.24, 2.45) is 0 Å². The van der Waals surface area contributed by atoms with Crippen molar-refractivity contribution in [2.75, 3.05) is 23.9 Å².